The molecule has 0 radical (unpaired) electrons. The zero-order chi connectivity index (χ0) is 12.1. The van der Waals surface area contributed by atoms with Crippen molar-refractivity contribution >= 4 is 5.91 Å². The minimum absolute atomic E-state index is 0.0484. The number of piperidine rings is 1. The summed E-state index contributed by atoms with van der Waals surface area (Å²) in [7, 11) is 1.47. The van der Waals surface area contributed by atoms with Crippen LogP contribution < -0.4 is 10.8 Å². The fourth-order valence-corrected chi connectivity index (χ4v) is 2.45. The molecule has 0 spiro atoms. The van der Waals surface area contributed by atoms with Crippen molar-refractivity contribution in [2.24, 2.45) is 0 Å². The Morgan fingerprint density at radius 1 is 1.29 bits per heavy atom. The van der Waals surface area contributed by atoms with Crippen LogP contribution in [0.1, 0.15) is 18.4 Å². The first-order valence-corrected chi connectivity index (χ1v) is 5.89. The maximum atomic E-state index is 12.3. The molecular formula is C13H18N2O2. The summed E-state index contributed by atoms with van der Waals surface area (Å²) >= 11 is 0. The molecule has 17 heavy (non-hydrogen) atoms. The van der Waals surface area contributed by atoms with E-state index in [1.165, 1.54) is 7.11 Å². The van der Waals surface area contributed by atoms with E-state index in [9.17, 15) is 4.79 Å². The molecule has 2 rings (SSSR count). The molecule has 1 amide bonds. The topological polar surface area (TPSA) is 50.4 Å². The van der Waals surface area contributed by atoms with Gasteiger partial charge in [0.1, 0.15) is 0 Å². The van der Waals surface area contributed by atoms with Gasteiger partial charge in [0.05, 0.1) is 12.5 Å². The van der Waals surface area contributed by atoms with Crippen LogP contribution in [0.5, 0.6) is 0 Å². The number of carbonyl (C=O) groups is 1. The van der Waals surface area contributed by atoms with Crippen LogP contribution in [0.3, 0.4) is 0 Å². The van der Waals surface area contributed by atoms with Gasteiger partial charge in [0, 0.05) is 0 Å². The fourth-order valence-electron chi connectivity index (χ4n) is 2.45. The summed E-state index contributed by atoms with van der Waals surface area (Å²) in [5.74, 6) is -0.0484. The summed E-state index contributed by atoms with van der Waals surface area (Å²) in [4.78, 5) is 17.0. The summed E-state index contributed by atoms with van der Waals surface area (Å²) in [6.45, 7) is 1.71. The molecule has 4 heteroatoms. The molecule has 1 heterocycles. The Labute approximate surface area is 101 Å². The number of hydrogen-bond donors (Lipinski definition) is 2. The Morgan fingerprint density at radius 2 is 1.94 bits per heavy atom. The minimum atomic E-state index is -0.456. The molecule has 0 atom stereocenters. The quantitative estimate of drug-likeness (QED) is 0.767. The maximum Gasteiger partial charge on any atom is 0.254 e. The third-order valence-electron chi connectivity index (χ3n) is 3.41. The van der Waals surface area contributed by atoms with E-state index in [1.807, 2.05) is 30.3 Å². The van der Waals surface area contributed by atoms with Crippen molar-refractivity contribution in [2.45, 2.75) is 18.3 Å². The monoisotopic (exact) mass is 234 g/mol. The summed E-state index contributed by atoms with van der Waals surface area (Å²) in [5.41, 5.74) is 3.10. The van der Waals surface area contributed by atoms with Gasteiger partial charge in [-0.1, -0.05) is 30.3 Å². The molecule has 2 N–H and O–H groups in total. The van der Waals surface area contributed by atoms with Gasteiger partial charge in [-0.3, -0.25) is 9.63 Å². The molecule has 0 unspecified atom stereocenters. The highest BCUT2D eigenvalue weighted by atomic mass is 16.6. The van der Waals surface area contributed by atoms with Crippen LogP contribution in [0, 0.1) is 0 Å². The lowest BCUT2D eigenvalue weighted by Gasteiger charge is -2.36. The number of rotatable bonds is 3. The van der Waals surface area contributed by atoms with Gasteiger partial charge in [-0.25, -0.2) is 5.48 Å². The van der Waals surface area contributed by atoms with E-state index in [0.717, 1.165) is 31.5 Å². The van der Waals surface area contributed by atoms with Crippen molar-refractivity contribution in [1.29, 1.82) is 0 Å². The zero-order valence-corrected chi connectivity index (χ0v) is 10.0. The third-order valence-corrected chi connectivity index (χ3v) is 3.41. The van der Waals surface area contributed by atoms with Crippen LogP contribution in [0.2, 0.25) is 0 Å². The first kappa shape index (κ1) is 12.1. The van der Waals surface area contributed by atoms with Crippen molar-refractivity contribution in [1.82, 2.24) is 10.8 Å². The Kier molecular flexibility index (Phi) is 3.76. The first-order valence-electron chi connectivity index (χ1n) is 5.89. The van der Waals surface area contributed by atoms with Crippen LogP contribution >= 0.6 is 0 Å². The SMILES string of the molecule is CONC(=O)C1(c2ccccc2)CCNCC1. The average Bonchev–Trinajstić information content (AvgIpc) is 2.41. The maximum absolute atomic E-state index is 12.3. The molecule has 0 aliphatic carbocycles. The molecule has 1 saturated heterocycles. The summed E-state index contributed by atoms with van der Waals surface area (Å²) in [6.07, 6.45) is 1.60. The normalized spacial score (nSPS) is 18.6. The van der Waals surface area contributed by atoms with E-state index < -0.39 is 5.41 Å². The molecule has 0 bridgehead atoms. The smallest absolute Gasteiger partial charge is 0.254 e. The Hall–Kier alpha value is -1.39. The van der Waals surface area contributed by atoms with Crippen molar-refractivity contribution < 1.29 is 9.63 Å². The highest BCUT2D eigenvalue weighted by Gasteiger charge is 2.41. The van der Waals surface area contributed by atoms with Gasteiger partial charge < -0.3 is 5.32 Å². The second-order valence-electron chi connectivity index (χ2n) is 4.33. The van der Waals surface area contributed by atoms with Gasteiger partial charge in [-0.15, -0.1) is 0 Å². The Bertz CT molecular complexity index is 372. The van der Waals surface area contributed by atoms with E-state index in [4.69, 9.17) is 4.84 Å². The lowest BCUT2D eigenvalue weighted by molar-refractivity contribution is -0.138. The van der Waals surface area contributed by atoms with Crippen LogP contribution in [0.25, 0.3) is 0 Å². The third kappa shape index (κ3) is 2.33. The van der Waals surface area contributed by atoms with E-state index in [0.29, 0.717) is 0 Å². The van der Waals surface area contributed by atoms with E-state index in [1.54, 1.807) is 0 Å². The highest BCUT2D eigenvalue weighted by molar-refractivity contribution is 5.87. The van der Waals surface area contributed by atoms with Gasteiger partial charge >= 0.3 is 0 Å². The molecule has 1 fully saturated rings. The number of carbonyl (C=O) groups excluding carboxylic acids is 1. The molecule has 1 aromatic rings. The lowest BCUT2D eigenvalue weighted by Crippen LogP contribution is -2.50. The second-order valence-corrected chi connectivity index (χ2v) is 4.33. The van der Waals surface area contributed by atoms with Crippen LogP contribution in [-0.2, 0) is 15.0 Å². The molecule has 0 aromatic heterocycles. The molecule has 0 saturated carbocycles. The van der Waals surface area contributed by atoms with Gasteiger partial charge in [0.15, 0.2) is 0 Å². The van der Waals surface area contributed by atoms with Crippen molar-refractivity contribution in [3.05, 3.63) is 35.9 Å². The number of benzene rings is 1. The molecule has 1 aromatic carbocycles. The van der Waals surface area contributed by atoms with Gasteiger partial charge in [-0.2, -0.15) is 0 Å². The van der Waals surface area contributed by atoms with Gasteiger partial charge in [0.25, 0.3) is 5.91 Å². The second kappa shape index (κ2) is 5.29. The molecule has 1 aliphatic heterocycles. The standard InChI is InChI=1S/C13H18N2O2/c1-17-15-12(16)13(7-9-14-10-8-13)11-5-3-2-4-6-11/h2-6,14H,7-10H2,1H3,(H,15,16). The van der Waals surface area contributed by atoms with E-state index >= 15 is 0 Å². The minimum Gasteiger partial charge on any atom is -0.317 e. The predicted molar refractivity (Wildman–Crippen MR) is 65.4 cm³/mol. The lowest BCUT2D eigenvalue weighted by atomic mass is 9.72. The fraction of sp³-hybridized carbons (Fsp3) is 0.462. The molecule has 4 nitrogen and oxygen atoms in total. The molecule has 1 aliphatic rings. The Balaban J connectivity index is 2.33. The van der Waals surface area contributed by atoms with Crippen LogP contribution in [0.15, 0.2) is 30.3 Å². The number of nitrogens with one attached hydrogen (secondary N) is 2. The largest absolute Gasteiger partial charge is 0.317 e. The van der Waals surface area contributed by atoms with Crippen LogP contribution in [0.4, 0.5) is 0 Å². The van der Waals surface area contributed by atoms with Crippen molar-refractivity contribution in [2.75, 3.05) is 20.2 Å². The highest BCUT2D eigenvalue weighted by Crippen LogP contribution is 2.33. The van der Waals surface area contributed by atoms with E-state index in [-0.39, 0.29) is 5.91 Å². The molecular weight excluding hydrogens is 216 g/mol. The first-order chi connectivity index (χ1) is 8.29. The van der Waals surface area contributed by atoms with Gasteiger partial charge in [0.2, 0.25) is 0 Å². The molecule has 92 valence electrons. The number of hydroxylamine groups is 1. The predicted octanol–water partition coefficient (Wildman–Crippen LogP) is 0.985. The van der Waals surface area contributed by atoms with Crippen molar-refractivity contribution in [3.63, 3.8) is 0 Å². The summed E-state index contributed by atoms with van der Waals surface area (Å²) < 4.78 is 0. The van der Waals surface area contributed by atoms with Crippen molar-refractivity contribution in [3.8, 4) is 0 Å². The summed E-state index contributed by atoms with van der Waals surface area (Å²) in [5, 5.41) is 3.29. The van der Waals surface area contributed by atoms with E-state index in [2.05, 4.69) is 10.8 Å². The summed E-state index contributed by atoms with van der Waals surface area (Å²) in [6, 6.07) is 9.94. The van der Waals surface area contributed by atoms with Crippen LogP contribution in [-0.4, -0.2) is 26.1 Å². The van der Waals surface area contributed by atoms with Gasteiger partial charge in [-0.05, 0) is 31.5 Å². The average molecular weight is 234 g/mol. The number of hydrogen-bond acceptors (Lipinski definition) is 3. The number of amides is 1. The Morgan fingerprint density at radius 3 is 2.53 bits per heavy atom. The zero-order valence-electron chi connectivity index (χ0n) is 10.0.